The number of nitro groups is 1. The molecule has 0 atom stereocenters. The predicted octanol–water partition coefficient (Wildman–Crippen LogP) is 0.952. The van der Waals surface area contributed by atoms with Crippen LogP contribution in [0.2, 0.25) is 0 Å². The minimum Gasteiger partial charge on any atom is -0.358 e. The number of carbonyl (C=O) groups is 1. The molecule has 0 fully saturated rings. The van der Waals surface area contributed by atoms with Gasteiger partial charge < -0.3 is 15.8 Å². The topological polar surface area (TPSA) is 116 Å². The molecule has 3 N–H and O–H groups in total. The molecule has 108 valence electrons. The molecule has 2 aromatic rings. The summed E-state index contributed by atoms with van der Waals surface area (Å²) >= 11 is 1.20. The highest BCUT2D eigenvalue weighted by molar-refractivity contribution is 7.16. The van der Waals surface area contributed by atoms with Gasteiger partial charge in [0.2, 0.25) is 0 Å². The Labute approximate surface area is 123 Å². The van der Waals surface area contributed by atoms with Gasteiger partial charge in [0.1, 0.15) is 0 Å². The molecule has 0 saturated carbocycles. The molecule has 0 radical (unpaired) electrons. The minimum absolute atomic E-state index is 0.159. The van der Waals surface area contributed by atoms with Crippen molar-refractivity contribution in [3.63, 3.8) is 0 Å². The van der Waals surface area contributed by atoms with Crippen molar-refractivity contribution in [3.05, 3.63) is 39.0 Å². The molecule has 2 heterocycles. The van der Waals surface area contributed by atoms with Gasteiger partial charge in [0.15, 0.2) is 10.8 Å². The van der Waals surface area contributed by atoms with E-state index in [1.165, 1.54) is 41.3 Å². The van der Waals surface area contributed by atoms with Crippen molar-refractivity contribution in [1.29, 1.82) is 0 Å². The number of hydrogen-bond donors (Lipinski definition) is 2. The van der Waals surface area contributed by atoms with Crippen molar-refractivity contribution in [3.8, 4) is 11.8 Å². The summed E-state index contributed by atoms with van der Waals surface area (Å²) in [6.07, 6.45) is 1.52. The van der Waals surface area contributed by atoms with Crippen LogP contribution < -0.4 is 11.1 Å². The van der Waals surface area contributed by atoms with Crippen LogP contribution in [0.3, 0.4) is 0 Å². The van der Waals surface area contributed by atoms with E-state index in [0.29, 0.717) is 10.0 Å². The predicted molar refractivity (Wildman–Crippen MR) is 78.1 cm³/mol. The summed E-state index contributed by atoms with van der Waals surface area (Å²) < 4.78 is 1.21. The van der Waals surface area contributed by atoms with E-state index in [4.69, 9.17) is 5.73 Å². The van der Waals surface area contributed by atoms with Crippen LogP contribution in [0.15, 0.2) is 18.3 Å². The Morgan fingerprint density at radius 3 is 3.00 bits per heavy atom. The van der Waals surface area contributed by atoms with Crippen LogP contribution in [0, 0.1) is 22.0 Å². The lowest BCUT2D eigenvalue weighted by Crippen LogP contribution is -2.16. The Morgan fingerprint density at radius 1 is 1.62 bits per heavy atom. The number of amides is 1. The zero-order valence-electron chi connectivity index (χ0n) is 11.0. The third kappa shape index (κ3) is 3.25. The van der Waals surface area contributed by atoms with Crippen molar-refractivity contribution in [1.82, 2.24) is 9.55 Å². The van der Waals surface area contributed by atoms with Crippen molar-refractivity contribution >= 4 is 28.2 Å². The maximum atomic E-state index is 12.1. The molecule has 0 saturated heterocycles. The second-order valence-electron chi connectivity index (χ2n) is 3.88. The Balaban J connectivity index is 2.15. The first-order chi connectivity index (χ1) is 10.0. The molecule has 8 nitrogen and oxygen atoms in total. The van der Waals surface area contributed by atoms with Crippen LogP contribution in [0.25, 0.3) is 0 Å². The van der Waals surface area contributed by atoms with E-state index in [2.05, 4.69) is 22.1 Å². The largest absolute Gasteiger partial charge is 0.358 e. The molecule has 0 aliphatic heterocycles. The second kappa shape index (κ2) is 6.17. The molecule has 0 unspecified atom stereocenters. The Kier molecular flexibility index (Phi) is 4.32. The molecule has 2 rings (SSSR count). The van der Waals surface area contributed by atoms with Crippen LogP contribution >= 0.6 is 11.3 Å². The lowest BCUT2D eigenvalue weighted by molar-refractivity contribution is -0.391. The third-order valence-electron chi connectivity index (χ3n) is 2.55. The fourth-order valence-electron chi connectivity index (χ4n) is 1.60. The number of nitrogens with zero attached hydrogens (tertiary/aromatic N) is 3. The van der Waals surface area contributed by atoms with E-state index in [1.807, 2.05) is 0 Å². The van der Waals surface area contributed by atoms with Gasteiger partial charge in [-0.3, -0.25) is 10.1 Å². The van der Waals surface area contributed by atoms with E-state index >= 15 is 0 Å². The molecular weight excluding hydrogens is 294 g/mol. The maximum Gasteiger partial charge on any atom is 0.323 e. The number of aromatic nitrogens is 2. The maximum absolute atomic E-state index is 12.1. The summed E-state index contributed by atoms with van der Waals surface area (Å²) in [7, 11) is 1.45. The summed E-state index contributed by atoms with van der Waals surface area (Å²) in [5, 5.41) is 13.7. The van der Waals surface area contributed by atoms with Gasteiger partial charge in [-0.25, -0.2) is 9.55 Å². The van der Waals surface area contributed by atoms with Crippen LogP contribution in [0.5, 0.6) is 0 Å². The number of nitrogens with two attached hydrogens (primary N) is 1. The lowest BCUT2D eigenvalue weighted by Gasteiger charge is -2.00. The van der Waals surface area contributed by atoms with Crippen molar-refractivity contribution in [2.24, 2.45) is 12.8 Å². The van der Waals surface area contributed by atoms with Crippen molar-refractivity contribution < 1.29 is 9.72 Å². The van der Waals surface area contributed by atoms with Gasteiger partial charge in [0.25, 0.3) is 5.91 Å². The first-order valence-corrected chi connectivity index (χ1v) is 6.61. The number of nitrogens with one attached hydrogen (secondary N) is 1. The first-order valence-electron chi connectivity index (χ1n) is 5.79. The van der Waals surface area contributed by atoms with E-state index in [9.17, 15) is 14.9 Å². The zero-order valence-corrected chi connectivity index (χ0v) is 11.8. The van der Waals surface area contributed by atoms with Gasteiger partial charge in [-0.05, 0) is 11.0 Å². The average Bonchev–Trinajstić information content (AvgIpc) is 3.03. The van der Waals surface area contributed by atoms with Crippen LogP contribution in [-0.4, -0.2) is 26.9 Å². The number of rotatable bonds is 3. The highest BCUT2D eigenvalue weighted by Gasteiger charge is 2.21. The molecule has 0 aliphatic rings. The summed E-state index contributed by atoms with van der Waals surface area (Å²) in [6, 6.07) is 2.66. The quantitative estimate of drug-likeness (QED) is 0.497. The first kappa shape index (κ1) is 14.7. The average molecular weight is 305 g/mol. The molecule has 9 heteroatoms. The van der Waals surface area contributed by atoms with Gasteiger partial charge in [-0.15, -0.1) is 0 Å². The van der Waals surface area contributed by atoms with Crippen LogP contribution in [-0.2, 0) is 7.05 Å². The molecule has 0 bridgehead atoms. The van der Waals surface area contributed by atoms with Gasteiger partial charge >= 0.3 is 5.82 Å². The summed E-state index contributed by atoms with van der Waals surface area (Å²) in [6.45, 7) is 0.243. The second-order valence-corrected chi connectivity index (χ2v) is 4.91. The highest BCUT2D eigenvalue weighted by atomic mass is 32.1. The van der Waals surface area contributed by atoms with E-state index in [1.54, 1.807) is 0 Å². The van der Waals surface area contributed by atoms with Crippen molar-refractivity contribution in [2.45, 2.75) is 0 Å². The molecule has 1 amide bonds. The summed E-state index contributed by atoms with van der Waals surface area (Å²) in [5.41, 5.74) is 5.44. The number of anilines is 1. The molecule has 0 spiro atoms. The number of hydrogen-bond acceptors (Lipinski definition) is 6. The smallest absolute Gasteiger partial charge is 0.323 e. The normalized spacial score (nSPS) is 9.81. The summed E-state index contributed by atoms with van der Waals surface area (Å²) in [4.78, 5) is 26.9. The van der Waals surface area contributed by atoms with Gasteiger partial charge in [-0.1, -0.05) is 23.2 Å². The van der Waals surface area contributed by atoms with Gasteiger partial charge in [0, 0.05) is 6.07 Å². The Morgan fingerprint density at radius 2 is 2.38 bits per heavy atom. The fourth-order valence-corrected chi connectivity index (χ4v) is 2.29. The minimum atomic E-state index is -0.555. The van der Waals surface area contributed by atoms with E-state index in [0.717, 1.165) is 0 Å². The van der Waals surface area contributed by atoms with E-state index < -0.39 is 10.8 Å². The van der Waals surface area contributed by atoms with Gasteiger partial charge in [-0.2, -0.15) is 0 Å². The molecule has 0 aromatic carbocycles. The molecule has 21 heavy (non-hydrogen) atoms. The Bertz CT molecular complexity index is 753. The zero-order chi connectivity index (χ0) is 15.4. The number of thiazole rings is 1. The lowest BCUT2D eigenvalue weighted by atomic mass is 10.4. The molecule has 0 aliphatic carbocycles. The summed E-state index contributed by atoms with van der Waals surface area (Å²) in [5.74, 6) is 4.86. The highest BCUT2D eigenvalue weighted by Crippen LogP contribution is 2.20. The van der Waals surface area contributed by atoms with Crippen LogP contribution in [0.1, 0.15) is 15.4 Å². The van der Waals surface area contributed by atoms with E-state index in [-0.39, 0.29) is 18.1 Å². The third-order valence-corrected chi connectivity index (χ3v) is 3.38. The SMILES string of the molecule is Cn1c(C(=O)Nc2ncc(C#CCN)s2)ccc1[N+](=O)[O-]. The van der Waals surface area contributed by atoms with Crippen molar-refractivity contribution in [2.75, 3.05) is 11.9 Å². The number of carbonyl (C=O) groups excluding carboxylic acids is 1. The standard InChI is InChI=1S/C12H11N5O3S/c1-16-9(4-5-10(16)17(19)20)11(18)15-12-14-7-8(21-12)3-2-6-13/h4-5,7H,6,13H2,1H3,(H,14,15,18). The molecule has 2 aromatic heterocycles. The Hall–Kier alpha value is -2.70. The van der Waals surface area contributed by atoms with Crippen LogP contribution in [0.4, 0.5) is 10.9 Å². The fraction of sp³-hybridized carbons (Fsp3) is 0.167. The van der Waals surface area contributed by atoms with Gasteiger partial charge in [0.05, 0.1) is 24.7 Å². The molecular formula is C12H11N5O3S. The monoisotopic (exact) mass is 305 g/mol.